The van der Waals surface area contributed by atoms with Gasteiger partial charge in [0.1, 0.15) is 6.23 Å². The van der Waals surface area contributed by atoms with Crippen LogP contribution in [0.5, 0.6) is 0 Å². The number of hydrogen-bond donors (Lipinski definition) is 2. The Morgan fingerprint density at radius 3 is 1.32 bits per heavy atom. The molecule has 0 heterocycles. The van der Waals surface area contributed by atoms with E-state index in [1.54, 1.807) is 12.1 Å². The first-order valence-electron chi connectivity index (χ1n) is 27.1. The summed E-state index contributed by atoms with van der Waals surface area (Å²) in [6.45, 7) is 75.7. The predicted molar refractivity (Wildman–Crippen MR) is 331 cm³/mol. The molecule has 0 spiro atoms. The van der Waals surface area contributed by atoms with Crippen LogP contribution in [0.4, 0.5) is 5.69 Å². The standard InChI is InChI=1S/C15H23NO3.C11H24O2.C10H22O2.C9H19N3O.C9H18O.C7H16S2/c1-14(2,3)12-8-7-11(10-19-15(4,5)6)13(9-12)16(17)18;1-9(2,3)12-11(7,8)13-10(4,5)6;1-9(2,3)7(11)8(12)10(4,5)6;1-8(2,3)7(11-12-10)13-9(4,5)6;1-7(2)9(5)6-10-8(3)4;1-6(2)8-9-7(3,4)5/h7-9H,10H2,1-6H3;1-8H3;7-8,11-12H,1-6H3;7H,1-6H3;7-8H,5-6H2,1-4H3;6H,1-5H3. The Labute approximate surface area is 476 Å². The lowest BCUT2D eigenvalue weighted by Crippen LogP contribution is -2.44. The number of benzene rings is 1. The van der Waals surface area contributed by atoms with E-state index in [2.05, 4.69) is 65.1 Å². The highest BCUT2D eigenvalue weighted by Gasteiger charge is 2.36. The van der Waals surface area contributed by atoms with Gasteiger partial charge < -0.3 is 33.9 Å². The number of nitro benzene ring substituents is 1. The van der Waals surface area contributed by atoms with Gasteiger partial charge in [0.25, 0.3) is 5.69 Å². The molecular weight excluding hydrogens is 997 g/mol. The second-order valence-electron chi connectivity index (χ2n) is 29.9. The number of nitrogens with zero attached hydrogens (tertiary/aromatic N) is 4. The summed E-state index contributed by atoms with van der Waals surface area (Å²) < 4.78 is 28.6. The summed E-state index contributed by atoms with van der Waals surface area (Å²) in [6.07, 6.45) is -1.44. The summed E-state index contributed by atoms with van der Waals surface area (Å²) in [5.74, 6) is 0.00926. The maximum atomic E-state index is 11.2. The van der Waals surface area contributed by atoms with Crippen molar-refractivity contribution >= 4 is 27.3 Å². The highest BCUT2D eigenvalue weighted by Crippen LogP contribution is 2.38. The molecular formula is C61H122N4O9S2. The van der Waals surface area contributed by atoms with Gasteiger partial charge in [-0.15, -0.1) is 0 Å². The predicted octanol–water partition coefficient (Wildman–Crippen LogP) is 19.0. The topological polar surface area (TPSA) is 179 Å². The smallest absolute Gasteiger partial charge is 0.275 e. The monoisotopic (exact) mass is 1120 g/mol. The van der Waals surface area contributed by atoms with E-state index in [0.717, 1.165) is 10.8 Å². The second kappa shape index (κ2) is 34.4. The minimum Gasteiger partial charge on any atom is -0.390 e. The van der Waals surface area contributed by atoms with Crippen LogP contribution in [0.1, 0.15) is 253 Å². The van der Waals surface area contributed by atoms with Crippen molar-refractivity contribution < 1.29 is 38.8 Å². The van der Waals surface area contributed by atoms with Crippen LogP contribution in [0.25, 0.3) is 10.4 Å². The molecule has 452 valence electrons. The number of aliphatic hydroxyl groups is 2. The quantitative estimate of drug-likeness (QED) is 0.0265. The lowest BCUT2D eigenvalue weighted by molar-refractivity contribution is -0.386. The van der Waals surface area contributed by atoms with Gasteiger partial charge in [0.05, 0.1) is 64.4 Å². The van der Waals surface area contributed by atoms with Crippen molar-refractivity contribution in [2.45, 2.75) is 317 Å². The van der Waals surface area contributed by atoms with Crippen LogP contribution in [-0.4, -0.2) is 84.5 Å². The summed E-state index contributed by atoms with van der Waals surface area (Å²) >= 11 is 0. The third kappa shape index (κ3) is 51.5. The molecule has 13 nitrogen and oxygen atoms in total. The van der Waals surface area contributed by atoms with Crippen molar-refractivity contribution in [2.24, 2.45) is 27.3 Å². The molecule has 3 unspecified atom stereocenters. The van der Waals surface area contributed by atoms with E-state index in [4.69, 9.17) is 29.2 Å². The van der Waals surface area contributed by atoms with Crippen LogP contribution in [0.3, 0.4) is 0 Å². The lowest BCUT2D eigenvalue weighted by atomic mass is 9.76. The molecule has 0 saturated carbocycles. The fraction of sp³-hybridized carbons (Fsp3) is 0.869. The van der Waals surface area contributed by atoms with E-state index in [-0.39, 0.29) is 61.3 Å². The molecule has 0 aromatic heterocycles. The molecule has 0 bridgehead atoms. The number of nitro groups is 1. The minimum absolute atomic E-state index is 0.103. The Kier molecular flexibility index (Phi) is 37.5. The Morgan fingerprint density at radius 1 is 0.671 bits per heavy atom. The van der Waals surface area contributed by atoms with Crippen molar-refractivity contribution in [2.75, 3.05) is 6.61 Å². The number of rotatable bonds is 14. The largest absolute Gasteiger partial charge is 0.390 e. The van der Waals surface area contributed by atoms with Gasteiger partial charge in [0.15, 0.2) is 5.79 Å². The van der Waals surface area contributed by atoms with Crippen LogP contribution < -0.4 is 0 Å². The van der Waals surface area contributed by atoms with E-state index >= 15 is 0 Å². The molecule has 1 aromatic rings. The van der Waals surface area contributed by atoms with Gasteiger partial charge in [0.2, 0.25) is 0 Å². The Balaban J connectivity index is -0.000000270. The molecule has 0 aliphatic carbocycles. The van der Waals surface area contributed by atoms with E-state index in [1.165, 1.54) is 5.57 Å². The molecule has 2 N–H and O–H groups in total. The molecule has 76 heavy (non-hydrogen) atoms. The fourth-order valence-electron chi connectivity index (χ4n) is 5.50. The summed E-state index contributed by atoms with van der Waals surface area (Å²) in [5.41, 5.74) is 9.54. The summed E-state index contributed by atoms with van der Waals surface area (Å²) in [5, 5.41) is 35.0. The number of hydrogen-bond acceptors (Lipinski definition) is 12. The Bertz CT molecular complexity index is 1760. The van der Waals surface area contributed by atoms with Crippen molar-refractivity contribution in [3.8, 4) is 0 Å². The summed E-state index contributed by atoms with van der Waals surface area (Å²) in [4.78, 5) is 13.6. The lowest BCUT2D eigenvalue weighted by Gasteiger charge is -2.38. The van der Waals surface area contributed by atoms with Crippen LogP contribution >= 0.6 is 21.6 Å². The first-order valence-corrected chi connectivity index (χ1v) is 29.4. The van der Waals surface area contributed by atoms with Crippen LogP contribution in [0.2, 0.25) is 0 Å². The molecule has 0 amide bonds. The zero-order valence-corrected chi connectivity index (χ0v) is 57.3. The number of azide groups is 1. The van der Waals surface area contributed by atoms with Gasteiger partial charge in [-0.2, -0.15) is 0 Å². The van der Waals surface area contributed by atoms with Gasteiger partial charge in [-0.25, -0.2) is 0 Å². The average Bonchev–Trinajstić information content (AvgIpc) is 3.14. The maximum absolute atomic E-state index is 11.2. The fourth-order valence-corrected chi connectivity index (χ4v) is 7.42. The van der Waals surface area contributed by atoms with Crippen LogP contribution in [-0.2, 0) is 35.7 Å². The van der Waals surface area contributed by atoms with Gasteiger partial charge in [-0.3, -0.25) is 10.1 Å². The zero-order valence-electron chi connectivity index (χ0n) is 55.7. The van der Waals surface area contributed by atoms with Gasteiger partial charge in [-0.1, -0.05) is 171 Å². The maximum Gasteiger partial charge on any atom is 0.275 e. The highest BCUT2D eigenvalue weighted by molar-refractivity contribution is 8.77. The Morgan fingerprint density at radius 2 is 1.08 bits per heavy atom. The number of aliphatic hydroxyl groups excluding tert-OH is 2. The third-order valence-electron chi connectivity index (χ3n) is 9.26. The SMILES string of the molecule is C=C(COC(C)C)C(C)C.CC(C)(C)C(O)C(O)C(C)(C)C.CC(C)(C)OC(C)(C)OC(C)(C)C.CC(C)(C)OC(N=[N+]=[N-])C(C)(C)C.CC(C)(C)OCc1ccc(C(C)(C)C)cc1[N+](=O)[O-].CC(C)SSC(C)(C)C. The van der Waals surface area contributed by atoms with E-state index in [1.807, 2.05) is 222 Å². The molecule has 0 aliphatic heterocycles. The minimum atomic E-state index is -0.669. The molecule has 15 heteroatoms. The molecule has 0 fully saturated rings. The van der Waals surface area contributed by atoms with Crippen molar-refractivity contribution in [1.82, 2.24) is 0 Å². The second-order valence-corrected chi connectivity index (χ2v) is 33.5. The van der Waals surface area contributed by atoms with Crippen molar-refractivity contribution in [3.05, 3.63) is 62.0 Å². The molecule has 1 aromatic carbocycles. The molecule has 1 rings (SSSR count). The Hall–Kier alpha value is -1.91. The molecule has 3 atom stereocenters. The third-order valence-corrected chi connectivity index (χ3v) is 13.2. The first kappa shape index (κ1) is 82.9. The van der Waals surface area contributed by atoms with Gasteiger partial charge >= 0.3 is 0 Å². The van der Waals surface area contributed by atoms with Crippen LogP contribution in [0, 0.1) is 32.3 Å². The van der Waals surface area contributed by atoms with Gasteiger partial charge in [0, 0.05) is 21.0 Å². The molecule has 0 aliphatic rings. The highest BCUT2D eigenvalue weighted by atomic mass is 33.1. The van der Waals surface area contributed by atoms with Gasteiger partial charge in [-0.05, 0) is 161 Å². The van der Waals surface area contributed by atoms with E-state index in [0.29, 0.717) is 28.9 Å². The normalized spacial score (nSPS) is 14.2. The van der Waals surface area contributed by atoms with E-state index < -0.39 is 24.2 Å². The molecule has 0 saturated heterocycles. The van der Waals surface area contributed by atoms with E-state index in [9.17, 15) is 20.3 Å². The molecule has 0 radical (unpaired) electrons. The summed E-state index contributed by atoms with van der Waals surface area (Å²) in [6, 6.07) is 5.39. The zero-order chi connectivity index (χ0) is 62.3. The summed E-state index contributed by atoms with van der Waals surface area (Å²) in [7, 11) is 3.91. The van der Waals surface area contributed by atoms with Crippen molar-refractivity contribution in [1.29, 1.82) is 0 Å². The van der Waals surface area contributed by atoms with Crippen LogP contribution in [0.15, 0.2) is 35.5 Å². The first-order chi connectivity index (χ1) is 33.1. The average molecular weight is 1120 g/mol. The van der Waals surface area contributed by atoms with Crippen molar-refractivity contribution in [3.63, 3.8) is 0 Å². The number of ether oxygens (including phenoxy) is 5.